The molecule has 2 rings (SSSR count). The summed E-state index contributed by atoms with van der Waals surface area (Å²) in [6, 6.07) is 3.87. The van der Waals surface area contributed by atoms with Crippen molar-refractivity contribution in [3.8, 4) is 0 Å². The Labute approximate surface area is 162 Å². The number of thiophene rings is 1. The molecule has 12 heteroatoms. The molecular formula is C15H13ClF2N2O5S2. The van der Waals surface area contributed by atoms with Crippen LogP contribution in [0, 0.1) is 11.6 Å². The molecule has 0 atom stereocenters. The zero-order chi connectivity index (χ0) is 20.4. The van der Waals surface area contributed by atoms with Gasteiger partial charge >= 0.3 is 5.97 Å². The van der Waals surface area contributed by atoms with Crippen LogP contribution in [0.25, 0.3) is 0 Å². The predicted octanol–water partition coefficient (Wildman–Crippen LogP) is 2.73. The van der Waals surface area contributed by atoms with Gasteiger partial charge in [-0.3, -0.25) is 4.79 Å². The molecule has 0 radical (unpaired) electrons. The molecule has 0 saturated carbocycles. The molecule has 0 bridgehead atoms. The van der Waals surface area contributed by atoms with Crippen LogP contribution in [0.3, 0.4) is 0 Å². The Bertz CT molecular complexity index is 994. The van der Waals surface area contributed by atoms with Gasteiger partial charge in [-0.25, -0.2) is 22.0 Å². The van der Waals surface area contributed by atoms with Crippen molar-refractivity contribution in [1.82, 2.24) is 4.31 Å². The first-order chi connectivity index (χ1) is 12.6. The minimum atomic E-state index is -3.97. The van der Waals surface area contributed by atoms with Crippen LogP contribution in [0.1, 0.15) is 10.4 Å². The third-order valence-corrected chi connectivity index (χ3v) is 6.82. The number of carbonyl (C=O) groups excluding carboxylic acids is 2. The summed E-state index contributed by atoms with van der Waals surface area (Å²) in [5, 5.41) is 2.10. The molecule has 0 aliphatic rings. The molecule has 0 aliphatic carbocycles. The number of benzene rings is 1. The smallest absolute Gasteiger partial charge is 0.340 e. The summed E-state index contributed by atoms with van der Waals surface area (Å²) in [5.74, 6) is -4.25. The van der Waals surface area contributed by atoms with Gasteiger partial charge in [-0.05, 0) is 18.2 Å². The van der Waals surface area contributed by atoms with Crippen molar-refractivity contribution in [3.05, 3.63) is 45.8 Å². The second kappa shape index (κ2) is 8.30. The largest absolute Gasteiger partial charge is 0.465 e. The number of amides is 1. The highest BCUT2D eigenvalue weighted by molar-refractivity contribution is 7.91. The van der Waals surface area contributed by atoms with Gasteiger partial charge in [0.15, 0.2) is 0 Å². The van der Waals surface area contributed by atoms with E-state index in [4.69, 9.17) is 11.6 Å². The van der Waals surface area contributed by atoms with Gasteiger partial charge < -0.3 is 10.1 Å². The van der Waals surface area contributed by atoms with Crippen LogP contribution >= 0.6 is 22.9 Å². The normalized spacial score (nSPS) is 11.5. The van der Waals surface area contributed by atoms with Gasteiger partial charge in [-0.1, -0.05) is 11.6 Å². The highest BCUT2D eigenvalue weighted by Gasteiger charge is 2.25. The number of methoxy groups -OCH3 is 1. The van der Waals surface area contributed by atoms with Crippen molar-refractivity contribution in [2.24, 2.45) is 0 Å². The number of carbonyl (C=O) groups is 2. The van der Waals surface area contributed by atoms with E-state index in [0.717, 1.165) is 35.9 Å². The maximum absolute atomic E-state index is 13.8. The summed E-state index contributed by atoms with van der Waals surface area (Å²) >= 11 is 6.53. The van der Waals surface area contributed by atoms with Crippen LogP contribution in [0.4, 0.5) is 14.5 Å². The molecule has 27 heavy (non-hydrogen) atoms. The van der Waals surface area contributed by atoms with Gasteiger partial charge in [-0.15, -0.1) is 11.3 Å². The van der Waals surface area contributed by atoms with Gasteiger partial charge in [-0.2, -0.15) is 4.31 Å². The fourth-order valence-electron chi connectivity index (χ4n) is 1.98. The Morgan fingerprint density at radius 2 is 1.93 bits per heavy atom. The third kappa shape index (κ3) is 4.80. The van der Waals surface area contributed by atoms with Gasteiger partial charge in [0.05, 0.1) is 29.2 Å². The van der Waals surface area contributed by atoms with Crippen molar-refractivity contribution >= 4 is 50.5 Å². The minimum absolute atomic E-state index is 0.0660. The Hall–Kier alpha value is -2.08. The molecule has 0 aliphatic heterocycles. The number of nitrogens with zero attached hydrogens (tertiary/aromatic N) is 1. The molecule has 1 amide bonds. The van der Waals surface area contributed by atoms with Crippen molar-refractivity contribution in [1.29, 1.82) is 0 Å². The van der Waals surface area contributed by atoms with Crippen molar-refractivity contribution in [2.45, 2.75) is 4.21 Å². The number of ether oxygens (including phenoxy) is 1. The fourth-order valence-corrected chi connectivity index (χ4v) is 4.80. The topological polar surface area (TPSA) is 92.8 Å². The molecule has 1 N–H and O–H groups in total. The van der Waals surface area contributed by atoms with Crippen LogP contribution in [-0.4, -0.2) is 45.3 Å². The second-order valence-corrected chi connectivity index (χ2v) is 9.16. The van der Waals surface area contributed by atoms with E-state index in [-0.39, 0.29) is 8.55 Å². The van der Waals surface area contributed by atoms with E-state index in [0.29, 0.717) is 6.07 Å². The van der Waals surface area contributed by atoms with E-state index in [1.165, 1.54) is 12.1 Å². The summed E-state index contributed by atoms with van der Waals surface area (Å²) < 4.78 is 57.4. The average molecular weight is 439 g/mol. The number of hydrogen-bond donors (Lipinski definition) is 1. The highest BCUT2D eigenvalue weighted by Crippen LogP contribution is 2.27. The number of rotatable bonds is 6. The second-order valence-electron chi connectivity index (χ2n) is 5.17. The molecule has 0 fully saturated rings. The van der Waals surface area contributed by atoms with E-state index >= 15 is 0 Å². The van der Waals surface area contributed by atoms with E-state index in [1.54, 1.807) is 0 Å². The van der Waals surface area contributed by atoms with Crippen LogP contribution in [-0.2, 0) is 19.6 Å². The Morgan fingerprint density at radius 3 is 2.48 bits per heavy atom. The lowest BCUT2D eigenvalue weighted by Gasteiger charge is -2.16. The molecule has 2 aromatic rings. The Balaban J connectivity index is 2.17. The molecule has 0 saturated heterocycles. The molecule has 146 valence electrons. The lowest BCUT2D eigenvalue weighted by molar-refractivity contribution is -0.116. The number of likely N-dealkylation sites (N-methyl/N-ethyl adjacent to an activating group) is 1. The van der Waals surface area contributed by atoms with E-state index in [2.05, 4.69) is 10.1 Å². The van der Waals surface area contributed by atoms with Gasteiger partial charge in [0.1, 0.15) is 15.8 Å². The first-order valence-corrected chi connectivity index (χ1v) is 9.78. The van der Waals surface area contributed by atoms with Gasteiger partial charge in [0.2, 0.25) is 5.91 Å². The fraction of sp³-hybridized carbons (Fsp3) is 0.200. The molecule has 7 nitrogen and oxygen atoms in total. The van der Waals surface area contributed by atoms with Crippen molar-refractivity contribution < 1.29 is 31.5 Å². The highest BCUT2D eigenvalue weighted by atomic mass is 35.5. The molecule has 1 aromatic carbocycles. The van der Waals surface area contributed by atoms with E-state index in [1.807, 2.05) is 0 Å². The van der Waals surface area contributed by atoms with E-state index in [9.17, 15) is 26.8 Å². The van der Waals surface area contributed by atoms with Crippen molar-refractivity contribution in [3.63, 3.8) is 0 Å². The number of esters is 1. The van der Waals surface area contributed by atoms with Crippen LogP contribution in [0.2, 0.25) is 4.34 Å². The Kier molecular flexibility index (Phi) is 6.52. The lowest BCUT2D eigenvalue weighted by atomic mass is 10.1. The number of sulfonamides is 1. The molecule has 0 unspecified atom stereocenters. The van der Waals surface area contributed by atoms with Crippen molar-refractivity contribution in [2.75, 3.05) is 26.0 Å². The van der Waals surface area contributed by atoms with Crippen LogP contribution in [0.5, 0.6) is 0 Å². The average Bonchev–Trinajstić information content (AvgIpc) is 3.03. The number of nitrogens with one attached hydrogen (secondary N) is 1. The maximum Gasteiger partial charge on any atom is 0.340 e. The monoisotopic (exact) mass is 438 g/mol. The maximum atomic E-state index is 13.8. The molecule has 1 aromatic heterocycles. The standard InChI is InChI=1S/C15H13ClF2N2O5S2/c1-20(27(23,24)14-4-3-12(16)26-14)7-13(21)19-11-5-8(15(22)25-2)9(17)6-10(11)18/h3-6H,7H2,1-2H3,(H,19,21). The zero-order valence-corrected chi connectivity index (χ0v) is 16.3. The first-order valence-electron chi connectivity index (χ1n) is 7.15. The Morgan fingerprint density at radius 1 is 1.26 bits per heavy atom. The summed E-state index contributed by atoms with van der Waals surface area (Å²) in [5.41, 5.74) is -1.07. The van der Waals surface area contributed by atoms with Crippen LogP contribution < -0.4 is 5.32 Å². The minimum Gasteiger partial charge on any atom is -0.465 e. The summed E-state index contributed by atoms with van der Waals surface area (Å²) in [6.07, 6.45) is 0. The van der Waals surface area contributed by atoms with Gasteiger partial charge in [0, 0.05) is 13.1 Å². The number of halogens is 3. The van der Waals surface area contributed by atoms with E-state index < -0.39 is 51.3 Å². The first kappa shape index (κ1) is 21.2. The summed E-state index contributed by atoms with van der Waals surface area (Å²) in [7, 11) is -1.80. The molecule has 1 heterocycles. The molecule has 0 spiro atoms. The zero-order valence-electron chi connectivity index (χ0n) is 14.0. The SMILES string of the molecule is COC(=O)c1cc(NC(=O)CN(C)S(=O)(=O)c2ccc(Cl)s2)c(F)cc1F. The van der Waals surface area contributed by atoms with Crippen LogP contribution in [0.15, 0.2) is 28.5 Å². The molecular weight excluding hydrogens is 426 g/mol. The lowest BCUT2D eigenvalue weighted by Crippen LogP contribution is -2.34. The van der Waals surface area contributed by atoms with Gasteiger partial charge in [0.25, 0.3) is 10.0 Å². The number of anilines is 1. The third-order valence-electron chi connectivity index (χ3n) is 3.32. The summed E-state index contributed by atoms with van der Waals surface area (Å²) in [6.45, 7) is -0.651. The quantitative estimate of drug-likeness (QED) is 0.700. The summed E-state index contributed by atoms with van der Waals surface area (Å²) in [4.78, 5) is 23.5. The predicted molar refractivity (Wildman–Crippen MR) is 95.5 cm³/mol. The number of hydrogen-bond acceptors (Lipinski definition) is 6.